The van der Waals surface area contributed by atoms with Gasteiger partial charge in [-0.25, -0.2) is 19.9 Å². The van der Waals surface area contributed by atoms with E-state index in [2.05, 4.69) is 68.3 Å². The number of rotatable bonds is 4. The summed E-state index contributed by atoms with van der Waals surface area (Å²) in [6.07, 6.45) is 4.50. The molecule has 0 amide bonds. The van der Waals surface area contributed by atoms with E-state index in [0.717, 1.165) is 19.8 Å². The minimum atomic E-state index is -0.210. The molecule has 0 saturated heterocycles. The van der Waals surface area contributed by atoms with Crippen LogP contribution in [0.5, 0.6) is 0 Å². The Morgan fingerprint density at radius 3 is 2.81 bits per heavy atom. The lowest BCUT2D eigenvalue weighted by Gasteiger charge is -2.15. The highest BCUT2D eigenvalue weighted by atomic mass is 79.9. The minimum absolute atomic E-state index is 0.210. The fourth-order valence-electron chi connectivity index (χ4n) is 2.58. The summed E-state index contributed by atoms with van der Waals surface area (Å²) < 4.78 is 3.42. The molecule has 1 N–H and O–H groups in total. The molecule has 0 bridgehead atoms. The zero-order chi connectivity index (χ0) is 19.0. The molecule has 134 valence electrons. The second kappa shape index (κ2) is 7.30. The van der Waals surface area contributed by atoms with Gasteiger partial charge in [-0.2, -0.15) is 15.0 Å². The number of aromatic nitrogens is 6. The summed E-state index contributed by atoms with van der Waals surface area (Å²) in [5, 5.41) is 18.1. The second-order valence-electron chi connectivity index (χ2n) is 5.52. The predicted molar refractivity (Wildman–Crippen MR) is 109 cm³/mol. The number of thiazole rings is 1. The number of halogens is 2. The van der Waals surface area contributed by atoms with Crippen LogP contribution in [0.1, 0.15) is 23.7 Å². The van der Waals surface area contributed by atoms with E-state index in [1.807, 2.05) is 19.1 Å². The molecule has 3 heterocycles. The van der Waals surface area contributed by atoms with Crippen molar-refractivity contribution in [3.05, 3.63) is 50.6 Å². The average Bonchev–Trinajstić information content (AvgIpc) is 3.31. The third-order valence-electron chi connectivity index (χ3n) is 3.76. The van der Waals surface area contributed by atoms with Crippen molar-refractivity contribution in [1.82, 2.24) is 29.7 Å². The van der Waals surface area contributed by atoms with E-state index in [1.165, 1.54) is 30.2 Å². The lowest BCUT2D eigenvalue weighted by molar-refractivity contribution is 0.719. The summed E-state index contributed by atoms with van der Waals surface area (Å²) in [4.78, 5) is 17.8. The normalized spacial score (nSPS) is 12.1. The first-order valence-corrected chi connectivity index (χ1v) is 10.1. The Morgan fingerprint density at radius 1 is 1.19 bits per heavy atom. The lowest BCUT2D eigenvalue weighted by Crippen LogP contribution is -2.14. The zero-order valence-electron chi connectivity index (χ0n) is 13.8. The third-order valence-corrected chi connectivity index (χ3v) is 5.70. The smallest absolute Gasteiger partial charge is 0.213 e. The third kappa shape index (κ3) is 3.43. The molecule has 0 aliphatic rings. The second-order valence-corrected chi connectivity index (χ2v) is 8.30. The van der Waals surface area contributed by atoms with E-state index < -0.39 is 0 Å². The first kappa shape index (κ1) is 18.0. The summed E-state index contributed by atoms with van der Waals surface area (Å²) >= 11 is 8.29. The van der Waals surface area contributed by atoms with Gasteiger partial charge in [0.05, 0.1) is 17.8 Å². The highest BCUT2D eigenvalue weighted by Crippen LogP contribution is 2.31. The van der Waals surface area contributed by atoms with Gasteiger partial charge in [0.25, 0.3) is 0 Å². The Morgan fingerprint density at radius 2 is 2.04 bits per heavy atom. The van der Waals surface area contributed by atoms with Crippen molar-refractivity contribution < 1.29 is 0 Å². The molecule has 8 nitrogen and oxygen atoms in total. The van der Waals surface area contributed by atoms with Crippen LogP contribution in [0.2, 0.25) is 0 Å². The topological polar surface area (TPSA) is 105 Å². The molecule has 4 aromatic rings. The van der Waals surface area contributed by atoms with Crippen molar-refractivity contribution in [3.8, 4) is 11.2 Å². The van der Waals surface area contributed by atoms with E-state index in [9.17, 15) is 0 Å². The Hall–Kier alpha value is -2.42. The van der Waals surface area contributed by atoms with Gasteiger partial charge in [-0.05, 0) is 35.0 Å². The molecule has 0 radical (unpaired) electrons. The molecule has 0 fully saturated rings. The number of hydrogen-bond acceptors (Lipinski definition) is 8. The van der Waals surface area contributed by atoms with Gasteiger partial charge >= 0.3 is 0 Å². The highest BCUT2D eigenvalue weighted by Gasteiger charge is 2.18. The fraction of sp³-hybridized carbons (Fsp3) is 0.125. The van der Waals surface area contributed by atoms with Crippen LogP contribution in [0.3, 0.4) is 0 Å². The molecule has 0 unspecified atom stereocenters. The van der Waals surface area contributed by atoms with Gasteiger partial charge in [-0.3, -0.25) is 0 Å². The van der Waals surface area contributed by atoms with Crippen LogP contribution in [0.15, 0.2) is 39.9 Å². The predicted octanol–water partition coefficient (Wildman–Crippen LogP) is 4.24. The molecular formula is C16H10Br2N8S. The van der Waals surface area contributed by atoms with Crippen LogP contribution in [-0.2, 0) is 0 Å². The molecule has 0 aliphatic carbocycles. The molecule has 0 spiro atoms. The molecule has 0 aliphatic heterocycles. The lowest BCUT2D eigenvalue weighted by atomic mass is 10.2. The SMILES string of the molecule is C[C@H](Nc1ncnc2c(Br)cc(Br)cc12)c1ncnn1-c1ncc(C#N)s1. The van der Waals surface area contributed by atoms with Crippen molar-refractivity contribution in [1.29, 1.82) is 5.26 Å². The molecule has 1 atom stereocenters. The standard InChI is InChI=1S/C16H10Br2N8S/c1-8(15-23-7-24-26(15)16-20-5-10(4-19)27-16)25-14-11-2-9(17)3-12(18)13(11)21-6-22-14/h2-3,5-8H,1H3,(H,21,22,25)/t8-/m0/s1. The Kier molecular flexibility index (Phi) is 4.86. The molecule has 3 aromatic heterocycles. The molecular weight excluding hydrogens is 496 g/mol. The zero-order valence-corrected chi connectivity index (χ0v) is 17.7. The molecule has 1 aromatic carbocycles. The number of anilines is 1. The molecule has 11 heteroatoms. The molecule has 4 rings (SSSR count). The largest absolute Gasteiger partial charge is 0.360 e. The Bertz CT molecular complexity index is 1180. The van der Waals surface area contributed by atoms with Gasteiger partial charge in [-0.15, -0.1) is 0 Å². The monoisotopic (exact) mass is 504 g/mol. The van der Waals surface area contributed by atoms with Crippen LogP contribution in [-0.4, -0.2) is 29.7 Å². The summed E-state index contributed by atoms with van der Waals surface area (Å²) in [6.45, 7) is 1.96. The van der Waals surface area contributed by atoms with Crippen LogP contribution < -0.4 is 5.32 Å². The van der Waals surface area contributed by atoms with E-state index in [0.29, 0.717) is 21.7 Å². The molecule has 0 saturated carbocycles. The highest BCUT2D eigenvalue weighted by molar-refractivity contribution is 9.11. The number of fused-ring (bicyclic) bond motifs is 1. The van der Waals surface area contributed by atoms with Crippen LogP contribution >= 0.6 is 43.2 Å². The van der Waals surface area contributed by atoms with Crippen molar-refractivity contribution >= 4 is 59.9 Å². The van der Waals surface area contributed by atoms with Gasteiger partial charge in [0, 0.05) is 14.3 Å². The first-order chi connectivity index (χ1) is 13.1. The average molecular weight is 506 g/mol. The number of benzene rings is 1. The van der Waals surface area contributed by atoms with Crippen LogP contribution in [0.25, 0.3) is 16.0 Å². The number of nitrogens with one attached hydrogen (secondary N) is 1. The summed E-state index contributed by atoms with van der Waals surface area (Å²) in [7, 11) is 0. The van der Waals surface area contributed by atoms with E-state index in [1.54, 1.807) is 4.68 Å². The first-order valence-electron chi connectivity index (χ1n) is 7.69. The van der Waals surface area contributed by atoms with Gasteiger partial charge in [0.15, 0.2) is 5.82 Å². The maximum absolute atomic E-state index is 9.01. The maximum Gasteiger partial charge on any atom is 0.213 e. The van der Waals surface area contributed by atoms with E-state index >= 15 is 0 Å². The quantitative estimate of drug-likeness (QED) is 0.442. The van der Waals surface area contributed by atoms with Crippen molar-refractivity contribution in [2.24, 2.45) is 0 Å². The number of nitriles is 1. The molecule has 27 heavy (non-hydrogen) atoms. The number of nitrogens with zero attached hydrogens (tertiary/aromatic N) is 7. The van der Waals surface area contributed by atoms with Gasteiger partial charge in [0.1, 0.15) is 29.4 Å². The number of hydrogen-bond donors (Lipinski definition) is 1. The Labute approximate surface area is 174 Å². The van der Waals surface area contributed by atoms with Gasteiger partial charge in [0.2, 0.25) is 5.13 Å². The summed E-state index contributed by atoms with van der Waals surface area (Å²) in [5.74, 6) is 1.34. The van der Waals surface area contributed by atoms with Crippen molar-refractivity contribution in [2.45, 2.75) is 13.0 Å². The maximum atomic E-state index is 9.01. The minimum Gasteiger partial charge on any atom is -0.360 e. The van der Waals surface area contributed by atoms with Gasteiger partial charge < -0.3 is 5.32 Å². The van der Waals surface area contributed by atoms with Gasteiger partial charge in [-0.1, -0.05) is 27.3 Å². The van der Waals surface area contributed by atoms with E-state index in [-0.39, 0.29) is 6.04 Å². The van der Waals surface area contributed by atoms with Crippen LogP contribution in [0, 0.1) is 11.3 Å². The van der Waals surface area contributed by atoms with Crippen molar-refractivity contribution in [3.63, 3.8) is 0 Å². The Balaban J connectivity index is 1.70. The van der Waals surface area contributed by atoms with E-state index in [4.69, 9.17) is 5.26 Å². The fourth-order valence-corrected chi connectivity index (χ4v) is 4.59. The summed E-state index contributed by atoms with van der Waals surface area (Å²) in [5.41, 5.74) is 0.808. The van der Waals surface area contributed by atoms with Crippen molar-refractivity contribution in [2.75, 3.05) is 5.32 Å². The van der Waals surface area contributed by atoms with Crippen LogP contribution in [0.4, 0.5) is 5.82 Å². The summed E-state index contributed by atoms with van der Waals surface area (Å²) in [6, 6.07) is 5.77.